The van der Waals surface area contributed by atoms with Crippen LogP contribution in [0.15, 0.2) is 11.6 Å². The van der Waals surface area contributed by atoms with E-state index in [1.807, 2.05) is 6.92 Å². The molecule has 88 valence electrons. The molecule has 2 saturated carbocycles. The summed E-state index contributed by atoms with van der Waals surface area (Å²) in [6, 6.07) is -0.698. The van der Waals surface area contributed by atoms with Crippen molar-refractivity contribution in [3.05, 3.63) is 11.6 Å². The summed E-state index contributed by atoms with van der Waals surface area (Å²) in [6.07, 6.45) is 5.67. The summed E-state index contributed by atoms with van der Waals surface area (Å²) in [6.45, 7) is 1.93. The highest BCUT2D eigenvalue weighted by Gasteiger charge is 2.37. The van der Waals surface area contributed by atoms with Crippen molar-refractivity contribution >= 4 is 11.9 Å². The van der Waals surface area contributed by atoms with Gasteiger partial charge in [0.05, 0.1) is 0 Å². The van der Waals surface area contributed by atoms with E-state index in [4.69, 9.17) is 5.11 Å². The van der Waals surface area contributed by atoms with Crippen molar-refractivity contribution in [2.75, 3.05) is 0 Å². The fourth-order valence-electron chi connectivity index (χ4n) is 1.87. The Balaban J connectivity index is 1.89. The molecular formula is C12H17NO3. The van der Waals surface area contributed by atoms with E-state index in [-0.39, 0.29) is 11.8 Å². The quantitative estimate of drug-likeness (QED) is 0.691. The number of nitrogens with one attached hydrogen (secondary N) is 1. The number of allylic oxidation sites excluding steroid dienone is 1. The monoisotopic (exact) mass is 223 g/mol. The number of rotatable bonds is 5. The molecule has 1 atom stereocenters. The number of aliphatic carboxylic acids is 1. The first kappa shape index (κ1) is 11.2. The molecule has 2 aliphatic rings. The second kappa shape index (κ2) is 4.28. The molecule has 2 aliphatic carbocycles. The van der Waals surface area contributed by atoms with Gasteiger partial charge in [0.2, 0.25) is 5.91 Å². The third-order valence-electron chi connectivity index (χ3n) is 3.24. The molecule has 0 aliphatic heterocycles. The zero-order valence-electron chi connectivity index (χ0n) is 9.40. The molecule has 0 aromatic rings. The van der Waals surface area contributed by atoms with Gasteiger partial charge in [-0.3, -0.25) is 4.79 Å². The van der Waals surface area contributed by atoms with Crippen LogP contribution in [0.2, 0.25) is 0 Å². The predicted molar refractivity (Wildman–Crippen MR) is 58.8 cm³/mol. The van der Waals surface area contributed by atoms with E-state index in [0.29, 0.717) is 5.92 Å². The van der Waals surface area contributed by atoms with Gasteiger partial charge in [-0.15, -0.1) is 0 Å². The lowest BCUT2D eigenvalue weighted by atomic mass is 10.1. The Morgan fingerprint density at radius 3 is 2.38 bits per heavy atom. The second-order valence-corrected chi connectivity index (χ2v) is 4.82. The Bertz CT molecular complexity index is 340. The van der Waals surface area contributed by atoms with Crippen LogP contribution in [-0.4, -0.2) is 23.0 Å². The van der Waals surface area contributed by atoms with E-state index in [1.165, 1.54) is 0 Å². The van der Waals surface area contributed by atoms with Gasteiger partial charge in [0.25, 0.3) is 0 Å². The zero-order chi connectivity index (χ0) is 11.7. The van der Waals surface area contributed by atoms with Crippen LogP contribution in [0.1, 0.15) is 32.6 Å². The summed E-state index contributed by atoms with van der Waals surface area (Å²) in [5.74, 6) is -0.497. The number of carboxylic acid groups (broad SMARTS) is 1. The Morgan fingerprint density at radius 1 is 1.31 bits per heavy atom. The Hall–Kier alpha value is -1.32. The predicted octanol–water partition coefficient (Wildman–Crippen LogP) is 1.32. The van der Waals surface area contributed by atoms with Gasteiger partial charge in [-0.2, -0.15) is 0 Å². The van der Waals surface area contributed by atoms with Gasteiger partial charge in [-0.25, -0.2) is 4.79 Å². The van der Waals surface area contributed by atoms with Crippen LogP contribution in [0.5, 0.6) is 0 Å². The summed E-state index contributed by atoms with van der Waals surface area (Å²) in [7, 11) is 0. The van der Waals surface area contributed by atoms with Gasteiger partial charge in [0, 0.05) is 6.08 Å². The molecule has 2 rings (SSSR count). The Kier molecular flexibility index (Phi) is 2.99. The first-order valence-electron chi connectivity index (χ1n) is 5.79. The van der Waals surface area contributed by atoms with E-state index in [9.17, 15) is 9.59 Å². The van der Waals surface area contributed by atoms with Crippen molar-refractivity contribution in [2.45, 2.75) is 38.6 Å². The maximum atomic E-state index is 11.6. The SMILES string of the molecule is CC(=CC(=O)NC(C(=O)O)C1CC1)C1CC1. The minimum absolute atomic E-state index is 0.135. The molecule has 16 heavy (non-hydrogen) atoms. The van der Waals surface area contributed by atoms with Crippen molar-refractivity contribution in [1.82, 2.24) is 5.32 Å². The molecule has 0 bridgehead atoms. The third kappa shape index (κ3) is 2.84. The third-order valence-corrected chi connectivity index (χ3v) is 3.24. The molecule has 0 radical (unpaired) electrons. The lowest BCUT2D eigenvalue weighted by molar-refractivity contribution is -0.141. The van der Waals surface area contributed by atoms with Crippen LogP contribution in [-0.2, 0) is 9.59 Å². The maximum absolute atomic E-state index is 11.6. The number of carbonyl (C=O) groups is 2. The number of carboxylic acids is 1. The molecule has 2 N–H and O–H groups in total. The summed E-state index contributed by atoms with van der Waals surface area (Å²) < 4.78 is 0. The Labute approximate surface area is 94.7 Å². The van der Waals surface area contributed by atoms with E-state index in [2.05, 4.69) is 5.32 Å². The molecular weight excluding hydrogens is 206 g/mol. The van der Waals surface area contributed by atoms with E-state index < -0.39 is 12.0 Å². The first-order chi connectivity index (χ1) is 7.58. The van der Waals surface area contributed by atoms with Crippen molar-refractivity contribution in [3.8, 4) is 0 Å². The van der Waals surface area contributed by atoms with Crippen LogP contribution in [0.3, 0.4) is 0 Å². The molecule has 0 spiro atoms. The zero-order valence-corrected chi connectivity index (χ0v) is 9.40. The van der Waals surface area contributed by atoms with Crippen molar-refractivity contribution in [1.29, 1.82) is 0 Å². The summed E-state index contributed by atoms with van der Waals surface area (Å²) in [4.78, 5) is 22.5. The number of carbonyl (C=O) groups excluding carboxylic acids is 1. The average molecular weight is 223 g/mol. The van der Waals surface area contributed by atoms with Gasteiger partial charge in [-0.1, -0.05) is 5.57 Å². The van der Waals surface area contributed by atoms with Crippen LogP contribution in [0.4, 0.5) is 0 Å². The fraction of sp³-hybridized carbons (Fsp3) is 0.667. The normalized spacial score (nSPS) is 22.7. The van der Waals surface area contributed by atoms with Gasteiger partial charge >= 0.3 is 5.97 Å². The lowest BCUT2D eigenvalue weighted by Crippen LogP contribution is -2.41. The van der Waals surface area contributed by atoms with Crippen LogP contribution in [0.25, 0.3) is 0 Å². The molecule has 1 unspecified atom stereocenters. The minimum Gasteiger partial charge on any atom is -0.480 e. The van der Waals surface area contributed by atoms with Crippen molar-refractivity contribution in [3.63, 3.8) is 0 Å². The van der Waals surface area contributed by atoms with E-state index in [1.54, 1.807) is 6.08 Å². The van der Waals surface area contributed by atoms with Crippen molar-refractivity contribution < 1.29 is 14.7 Å². The Morgan fingerprint density at radius 2 is 1.94 bits per heavy atom. The summed E-state index contributed by atoms with van der Waals surface area (Å²) in [5.41, 5.74) is 1.07. The van der Waals surface area contributed by atoms with Crippen LogP contribution < -0.4 is 5.32 Å². The van der Waals surface area contributed by atoms with Crippen LogP contribution in [0, 0.1) is 11.8 Å². The lowest BCUT2D eigenvalue weighted by Gasteiger charge is -2.12. The van der Waals surface area contributed by atoms with Gasteiger partial charge < -0.3 is 10.4 Å². The molecule has 2 fully saturated rings. The number of amides is 1. The topological polar surface area (TPSA) is 66.4 Å². The van der Waals surface area contributed by atoms with Gasteiger partial charge in [0.15, 0.2) is 0 Å². The molecule has 0 aromatic carbocycles. The maximum Gasteiger partial charge on any atom is 0.326 e. The molecule has 0 aromatic heterocycles. The number of hydrogen-bond donors (Lipinski definition) is 2. The van der Waals surface area contributed by atoms with E-state index >= 15 is 0 Å². The standard InChI is InChI=1S/C12H17NO3/c1-7(8-2-3-8)6-10(14)13-11(12(15)16)9-4-5-9/h6,8-9,11H,2-5H2,1H3,(H,13,14)(H,15,16). The summed E-state index contributed by atoms with van der Waals surface area (Å²) >= 11 is 0. The van der Waals surface area contributed by atoms with Crippen molar-refractivity contribution in [2.24, 2.45) is 11.8 Å². The smallest absolute Gasteiger partial charge is 0.326 e. The highest BCUT2D eigenvalue weighted by Crippen LogP contribution is 2.36. The van der Waals surface area contributed by atoms with Crippen LogP contribution >= 0.6 is 0 Å². The van der Waals surface area contributed by atoms with Gasteiger partial charge in [-0.05, 0) is 44.4 Å². The molecule has 1 amide bonds. The minimum atomic E-state index is -0.923. The highest BCUT2D eigenvalue weighted by molar-refractivity contribution is 5.91. The number of hydrogen-bond acceptors (Lipinski definition) is 2. The largest absolute Gasteiger partial charge is 0.480 e. The first-order valence-corrected chi connectivity index (χ1v) is 5.79. The average Bonchev–Trinajstić information content (AvgIpc) is 3.01. The summed E-state index contributed by atoms with van der Waals surface area (Å²) in [5, 5.41) is 11.5. The molecule has 0 heterocycles. The fourth-order valence-corrected chi connectivity index (χ4v) is 1.87. The van der Waals surface area contributed by atoms with Gasteiger partial charge in [0.1, 0.15) is 6.04 Å². The molecule has 4 heteroatoms. The highest BCUT2D eigenvalue weighted by atomic mass is 16.4. The molecule has 4 nitrogen and oxygen atoms in total. The second-order valence-electron chi connectivity index (χ2n) is 4.82. The van der Waals surface area contributed by atoms with E-state index in [0.717, 1.165) is 31.3 Å². The molecule has 0 saturated heterocycles.